The minimum absolute atomic E-state index is 0.291. The van der Waals surface area contributed by atoms with E-state index in [1.54, 1.807) is 0 Å². The Hall–Kier alpha value is -2.73. The van der Waals surface area contributed by atoms with Gasteiger partial charge in [-0.15, -0.1) is 0 Å². The van der Waals surface area contributed by atoms with Crippen molar-refractivity contribution in [2.24, 2.45) is 11.5 Å². The predicted octanol–water partition coefficient (Wildman–Crippen LogP) is -2.50. The highest BCUT2D eigenvalue weighted by Gasteiger charge is 2.24. The van der Waals surface area contributed by atoms with Gasteiger partial charge in [-0.05, 0) is 39.2 Å². The fraction of sp³-hybridized carbons (Fsp3) is 0.688. The number of nitrogens with two attached hydrogens (primary N) is 2. The largest absolute Gasteiger partial charge is 0.481 e. The molecule has 0 heterocycles. The Balaban J connectivity index is 4.69. The van der Waals surface area contributed by atoms with Crippen LogP contribution in [0, 0.1) is 0 Å². The molecule has 0 aliphatic carbocycles. The third kappa shape index (κ3) is 11.1. The van der Waals surface area contributed by atoms with E-state index < -0.39 is 60.8 Å². The molecule has 3 amide bonds. The van der Waals surface area contributed by atoms with Gasteiger partial charge in [-0.1, -0.05) is 0 Å². The maximum absolute atomic E-state index is 12.3. The second-order valence-corrected chi connectivity index (χ2v) is 6.24. The Kier molecular flexibility index (Phi) is 12.1. The minimum atomic E-state index is -1.39. The molecule has 0 aliphatic rings. The number of rotatable bonds is 14. The summed E-state index contributed by atoms with van der Waals surface area (Å²) in [5.41, 5.74) is 10.9. The van der Waals surface area contributed by atoms with Crippen molar-refractivity contribution in [3.8, 4) is 0 Å². The standard InChI is InChI=1S/C16H29N5O7/c1-9(18)14(25)21-10(4-2-3-7-17)15(26)19-8-12(22)20-11(16(27)28)5-6-13(23)24/h9-11H,2-8,17-18H2,1H3,(H,19,26)(H,20,22)(H,21,25)(H,23,24)(H,27,28). The van der Waals surface area contributed by atoms with Crippen molar-refractivity contribution >= 4 is 29.7 Å². The third-order valence-electron chi connectivity index (χ3n) is 3.70. The quantitative estimate of drug-likeness (QED) is 0.152. The number of unbranched alkanes of at least 4 members (excludes halogenated alkanes) is 1. The molecular weight excluding hydrogens is 374 g/mol. The lowest BCUT2D eigenvalue weighted by atomic mass is 10.1. The van der Waals surface area contributed by atoms with Crippen LogP contribution in [-0.2, 0) is 24.0 Å². The van der Waals surface area contributed by atoms with Gasteiger partial charge in [0.1, 0.15) is 12.1 Å². The van der Waals surface area contributed by atoms with Gasteiger partial charge in [-0.2, -0.15) is 0 Å². The summed E-state index contributed by atoms with van der Waals surface area (Å²) in [6, 6.07) is -3.13. The summed E-state index contributed by atoms with van der Waals surface area (Å²) in [6.45, 7) is 1.35. The molecule has 0 spiro atoms. The molecule has 0 aromatic heterocycles. The Morgan fingerprint density at radius 2 is 1.57 bits per heavy atom. The number of hydrogen-bond donors (Lipinski definition) is 7. The highest BCUT2D eigenvalue weighted by molar-refractivity contribution is 5.92. The Morgan fingerprint density at radius 3 is 2.07 bits per heavy atom. The highest BCUT2D eigenvalue weighted by Crippen LogP contribution is 2.02. The Bertz CT molecular complexity index is 568. The van der Waals surface area contributed by atoms with Gasteiger partial charge in [0.15, 0.2) is 0 Å². The minimum Gasteiger partial charge on any atom is -0.481 e. The molecule has 12 heteroatoms. The monoisotopic (exact) mass is 403 g/mol. The summed E-state index contributed by atoms with van der Waals surface area (Å²) in [5.74, 6) is -4.54. The molecule has 28 heavy (non-hydrogen) atoms. The number of carbonyl (C=O) groups is 5. The van der Waals surface area contributed by atoms with E-state index in [1.807, 2.05) is 0 Å². The van der Waals surface area contributed by atoms with E-state index in [9.17, 15) is 24.0 Å². The van der Waals surface area contributed by atoms with Crippen LogP contribution in [0.3, 0.4) is 0 Å². The van der Waals surface area contributed by atoms with Gasteiger partial charge in [-0.25, -0.2) is 4.79 Å². The average Bonchev–Trinajstić information content (AvgIpc) is 2.61. The number of hydrogen-bond acceptors (Lipinski definition) is 7. The molecule has 9 N–H and O–H groups in total. The van der Waals surface area contributed by atoms with E-state index in [1.165, 1.54) is 6.92 Å². The molecule has 3 unspecified atom stereocenters. The molecule has 0 radical (unpaired) electrons. The number of carboxylic acid groups (broad SMARTS) is 2. The maximum Gasteiger partial charge on any atom is 0.326 e. The van der Waals surface area contributed by atoms with E-state index in [-0.39, 0.29) is 6.42 Å². The molecule has 0 saturated heterocycles. The first-order valence-corrected chi connectivity index (χ1v) is 8.86. The highest BCUT2D eigenvalue weighted by atomic mass is 16.4. The first-order valence-electron chi connectivity index (χ1n) is 8.86. The van der Waals surface area contributed by atoms with Gasteiger partial charge in [-0.3, -0.25) is 19.2 Å². The van der Waals surface area contributed by atoms with Gasteiger partial charge in [0.05, 0.1) is 12.6 Å². The maximum atomic E-state index is 12.3. The van der Waals surface area contributed by atoms with Crippen molar-refractivity contribution in [1.82, 2.24) is 16.0 Å². The number of carbonyl (C=O) groups excluding carboxylic acids is 3. The number of carboxylic acids is 2. The van der Waals surface area contributed by atoms with E-state index in [4.69, 9.17) is 21.7 Å². The smallest absolute Gasteiger partial charge is 0.326 e. The van der Waals surface area contributed by atoms with Crippen LogP contribution in [-0.4, -0.2) is 71.1 Å². The SMILES string of the molecule is CC(N)C(=O)NC(CCCCN)C(=O)NCC(=O)NC(CCC(=O)O)C(=O)O. The zero-order chi connectivity index (χ0) is 21.7. The third-order valence-corrected chi connectivity index (χ3v) is 3.70. The summed E-state index contributed by atoms with van der Waals surface area (Å²) < 4.78 is 0. The van der Waals surface area contributed by atoms with Crippen LogP contribution >= 0.6 is 0 Å². The van der Waals surface area contributed by atoms with E-state index >= 15 is 0 Å². The van der Waals surface area contributed by atoms with E-state index in [2.05, 4.69) is 16.0 Å². The van der Waals surface area contributed by atoms with Crippen molar-refractivity contribution in [3.05, 3.63) is 0 Å². The lowest BCUT2D eigenvalue weighted by Crippen LogP contribution is -2.53. The summed E-state index contributed by atoms with van der Waals surface area (Å²) in [5, 5.41) is 24.5. The molecule has 160 valence electrons. The topological polar surface area (TPSA) is 214 Å². The van der Waals surface area contributed by atoms with Crippen molar-refractivity contribution in [2.45, 2.75) is 57.2 Å². The molecule has 0 aromatic carbocycles. The summed E-state index contributed by atoms with van der Waals surface area (Å²) in [6.07, 6.45) is 0.768. The van der Waals surface area contributed by atoms with Gasteiger partial charge < -0.3 is 37.6 Å². The van der Waals surface area contributed by atoms with Crippen molar-refractivity contribution in [2.75, 3.05) is 13.1 Å². The Morgan fingerprint density at radius 1 is 0.929 bits per heavy atom. The zero-order valence-electron chi connectivity index (χ0n) is 15.8. The molecule has 0 saturated carbocycles. The summed E-state index contributed by atoms with van der Waals surface area (Å²) >= 11 is 0. The average molecular weight is 403 g/mol. The molecule has 0 fully saturated rings. The van der Waals surface area contributed by atoms with Crippen LogP contribution in [0.25, 0.3) is 0 Å². The first kappa shape index (κ1) is 25.3. The Labute approximate surface area is 162 Å². The molecular formula is C16H29N5O7. The van der Waals surface area contributed by atoms with Gasteiger partial charge in [0.25, 0.3) is 0 Å². The second kappa shape index (κ2) is 13.4. The first-order chi connectivity index (χ1) is 13.1. The van der Waals surface area contributed by atoms with Crippen molar-refractivity contribution in [3.63, 3.8) is 0 Å². The van der Waals surface area contributed by atoms with Crippen LogP contribution in [0.1, 0.15) is 39.0 Å². The molecule has 12 nitrogen and oxygen atoms in total. The number of aliphatic carboxylic acids is 2. The van der Waals surface area contributed by atoms with E-state index in [0.29, 0.717) is 25.8 Å². The van der Waals surface area contributed by atoms with Gasteiger partial charge in [0, 0.05) is 6.42 Å². The number of amides is 3. The van der Waals surface area contributed by atoms with Gasteiger partial charge >= 0.3 is 11.9 Å². The van der Waals surface area contributed by atoms with Crippen LogP contribution in [0.15, 0.2) is 0 Å². The lowest BCUT2D eigenvalue weighted by Gasteiger charge is -2.20. The van der Waals surface area contributed by atoms with Gasteiger partial charge in [0.2, 0.25) is 17.7 Å². The van der Waals surface area contributed by atoms with Crippen LogP contribution in [0.2, 0.25) is 0 Å². The van der Waals surface area contributed by atoms with Crippen molar-refractivity contribution in [1.29, 1.82) is 0 Å². The number of nitrogens with one attached hydrogen (secondary N) is 3. The summed E-state index contributed by atoms with van der Waals surface area (Å²) in [7, 11) is 0. The molecule has 0 aromatic rings. The zero-order valence-corrected chi connectivity index (χ0v) is 15.8. The van der Waals surface area contributed by atoms with Crippen LogP contribution < -0.4 is 27.4 Å². The normalized spacial score (nSPS) is 13.7. The molecule has 0 rings (SSSR count). The molecule has 0 bridgehead atoms. The van der Waals surface area contributed by atoms with Crippen molar-refractivity contribution < 1.29 is 34.2 Å². The van der Waals surface area contributed by atoms with Crippen LogP contribution in [0.5, 0.6) is 0 Å². The predicted molar refractivity (Wildman–Crippen MR) is 97.9 cm³/mol. The second-order valence-electron chi connectivity index (χ2n) is 6.24. The summed E-state index contributed by atoms with van der Waals surface area (Å²) in [4.78, 5) is 57.5. The molecule has 3 atom stereocenters. The fourth-order valence-electron chi connectivity index (χ4n) is 2.13. The van der Waals surface area contributed by atoms with E-state index in [0.717, 1.165) is 0 Å². The fourth-order valence-corrected chi connectivity index (χ4v) is 2.13. The van der Waals surface area contributed by atoms with Crippen LogP contribution in [0.4, 0.5) is 0 Å². The molecule has 0 aliphatic heterocycles. The lowest BCUT2D eigenvalue weighted by molar-refractivity contribution is -0.143.